The van der Waals surface area contributed by atoms with Crippen molar-refractivity contribution in [3.8, 4) is 0 Å². The molecule has 7 heteroatoms. The predicted molar refractivity (Wildman–Crippen MR) is 60.9 cm³/mol. The Morgan fingerprint density at radius 3 is 2.87 bits per heavy atom. The van der Waals surface area contributed by atoms with E-state index in [1.807, 2.05) is 0 Å². The zero-order valence-corrected chi connectivity index (χ0v) is 10.3. The lowest BCUT2D eigenvalue weighted by Crippen LogP contribution is -2.35. The van der Waals surface area contributed by atoms with E-state index in [4.69, 9.17) is 11.6 Å². The van der Waals surface area contributed by atoms with Crippen molar-refractivity contribution in [1.82, 2.24) is 10.0 Å². The van der Waals surface area contributed by atoms with Gasteiger partial charge in [-0.2, -0.15) is 0 Å². The molecule has 15 heavy (non-hydrogen) atoms. The van der Waals surface area contributed by atoms with Crippen LogP contribution >= 0.6 is 22.9 Å². The molecule has 0 amide bonds. The Labute approximate surface area is 97.7 Å². The molecular formula is C8H11ClN2O2S2. The van der Waals surface area contributed by atoms with Crippen LogP contribution in [0.5, 0.6) is 0 Å². The fourth-order valence-electron chi connectivity index (χ4n) is 1.47. The van der Waals surface area contributed by atoms with E-state index in [0.717, 1.165) is 24.3 Å². The second kappa shape index (κ2) is 4.39. The van der Waals surface area contributed by atoms with Gasteiger partial charge in [-0.05, 0) is 25.1 Å². The van der Waals surface area contributed by atoms with Gasteiger partial charge >= 0.3 is 0 Å². The van der Waals surface area contributed by atoms with Gasteiger partial charge in [0, 0.05) is 12.6 Å². The summed E-state index contributed by atoms with van der Waals surface area (Å²) in [6, 6.07) is 3.11. The predicted octanol–water partition coefficient (Wildman–Crippen LogP) is 1.04. The first kappa shape index (κ1) is 11.3. The summed E-state index contributed by atoms with van der Waals surface area (Å²) in [4.78, 5) is 0. The van der Waals surface area contributed by atoms with E-state index in [9.17, 15) is 8.42 Å². The number of nitrogens with one attached hydrogen (secondary N) is 2. The fourth-order valence-corrected chi connectivity index (χ4v) is 4.24. The Kier molecular flexibility index (Phi) is 3.32. The maximum Gasteiger partial charge on any atom is 0.250 e. The molecule has 0 radical (unpaired) electrons. The van der Waals surface area contributed by atoms with Crippen molar-refractivity contribution in [3.05, 3.63) is 16.5 Å². The van der Waals surface area contributed by atoms with Crippen molar-refractivity contribution in [1.29, 1.82) is 0 Å². The van der Waals surface area contributed by atoms with E-state index >= 15 is 0 Å². The van der Waals surface area contributed by atoms with Crippen molar-refractivity contribution in [2.75, 3.05) is 13.1 Å². The van der Waals surface area contributed by atoms with E-state index in [1.165, 1.54) is 6.07 Å². The Bertz CT molecular complexity index is 437. The minimum Gasteiger partial charge on any atom is -0.315 e. The van der Waals surface area contributed by atoms with Crippen molar-refractivity contribution in [2.24, 2.45) is 0 Å². The van der Waals surface area contributed by atoms with E-state index in [1.54, 1.807) is 6.07 Å². The van der Waals surface area contributed by atoms with Crippen molar-refractivity contribution in [3.63, 3.8) is 0 Å². The molecule has 1 saturated heterocycles. The number of rotatable bonds is 3. The van der Waals surface area contributed by atoms with Crippen LogP contribution in [0.3, 0.4) is 0 Å². The number of halogens is 1. The van der Waals surface area contributed by atoms with E-state index < -0.39 is 10.0 Å². The van der Waals surface area contributed by atoms with Gasteiger partial charge in [0.25, 0.3) is 0 Å². The molecule has 84 valence electrons. The van der Waals surface area contributed by atoms with Gasteiger partial charge in [0.1, 0.15) is 4.21 Å². The summed E-state index contributed by atoms with van der Waals surface area (Å²) in [5, 5.41) is 3.10. The van der Waals surface area contributed by atoms with Gasteiger partial charge in [-0.1, -0.05) is 11.6 Å². The van der Waals surface area contributed by atoms with Crippen LogP contribution < -0.4 is 10.0 Å². The van der Waals surface area contributed by atoms with Gasteiger partial charge in [-0.15, -0.1) is 11.3 Å². The lowest BCUT2D eigenvalue weighted by molar-refractivity contribution is 0.562. The van der Waals surface area contributed by atoms with Gasteiger partial charge in [0.15, 0.2) is 0 Å². The monoisotopic (exact) mass is 266 g/mol. The molecule has 0 aromatic carbocycles. The van der Waals surface area contributed by atoms with Crippen LogP contribution in [-0.4, -0.2) is 27.5 Å². The van der Waals surface area contributed by atoms with E-state index in [-0.39, 0.29) is 10.3 Å². The van der Waals surface area contributed by atoms with Gasteiger partial charge in [-0.3, -0.25) is 0 Å². The molecule has 1 aliphatic heterocycles. The van der Waals surface area contributed by atoms with Gasteiger partial charge < -0.3 is 5.32 Å². The maximum atomic E-state index is 11.8. The molecule has 1 aromatic rings. The summed E-state index contributed by atoms with van der Waals surface area (Å²) in [6.07, 6.45) is 0.832. The molecule has 2 N–H and O–H groups in total. The average molecular weight is 267 g/mol. The molecule has 0 saturated carbocycles. The molecule has 0 aliphatic carbocycles. The summed E-state index contributed by atoms with van der Waals surface area (Å²) >= 11 is 6.77. The highest BCUT2D eigenvalue weighted by molar-refractivity contribution is 7.91. The van der Waals surface area contributed by atoms with E-state index in [0.29, 0.717) is 10.9 Å². The zero-order chi connectivity index (χ0) is 10.9. The Hall–Kier alpha value is -0.140. The SMILES string of the molecule is O=S(=O)(N[C@@H]1CCNC1)c1ccc(Cl)s1. The normalized spacial score (nSPS) is 22.1. The first-order valence-electron chi connectivity index (χ1n) is 4.56. The summed E-state index contributed by atoms with van der Waals surface area (Å²) in [7, 11) is -3.38. The Morgan fingerprint density at radius 2 is 2.33 bits per heavy atom. The second-order valence-electron chi connectivity index (χ2n) is 3.37. The Balaban J connectivity index is 2.12. The van der Waals surface area contributed by atoms with Crippen LogP contribution in [0.1, 0.15) is 6.42 Å². The van der Waals surface area contributed by atoms with Crippen LogP contribution in [0.2, 0.25) is 4.34 Å². The van der Waals surface area contributed by atoms with Crippen LogP contribution in [0.4, 0.5) is 0 Å². The first-order valence-corrected chi connectivity index (χ1v) is 7.24. The summed E-state index contributed by atoms with van der Waals surface area (Å²) in [6.45, 7) is 1.55. The molecule has 0 bridgehead atoms. The van der Waals surface area contributed by atoms with E-state index in [2.05, 4.69) is 10.0 Å². The number of sulfonamides is 1. The highest BCUT2D eigenvalue weighted by Crippen LogP contribution is 2.25. The third kappa shape index (κ3) is 2.70. The summed E-state index contributed by atoms with van der Waals surface area (Å²) in [5.74, 6) is 0. The zero-order valence-electron chi connectivity index (χ0n) is 7.86. The van der Waals surface area contributed by atoms with Crippen LogP contribution in [0.25, 0.3) is 0 Å². The molecule has 2 heterocycles. The largest absolute Gasteiger partial charge is 0.315 e. The number of thiophene rings is 1. The first-order chi connectivity index (χ1) is 7.08. The minimum atomic E-state index is -3.38. The fraction of sp³-hybridized carbons (Fsp3) is 0.500. The molecule has 1 aromatic heterocycles. The van der Waals surface area contributed by atoms with Crippen molar-refractivity contribution < 1.29 is 8.42 Å². The van der Waals surface area contributed by atoms with Crippen molar-refractivity contribution in [2.45, 2.75) is 16.7 Å². The van der Waals surface area contributed by atoms with Crippen LogP contribution in [0.15, 0.2) is 16.3 Å². The second-order valence-corrected chi connectivity index (χ2v) is 7.03. The summed E-state index contributed by atoms with van der Waals surface area (Å²) in [5.41, 5.74) is 0. The number of hydrogen-bond donors (Lipinski definition) is 2. The molecule has 0 unspecified atom stereocenters. The standard InChI is InChI=1S/C8H11ClN2O2S2/c9-7-1-2-8(14-7)15(12,13)11-6-3-4-10-5-6/h1-2,6,10-11H,3-5H2/t6-/m1/s1. The van der Waals surface area contributed by atoms with Crippen LogP contribution in [-0.2, 0) is 10.0 Å². The third-order valence-electron chi connectivity index (χ3n) is 2.20. The molecule has 4 nitrogen and oxygen atoms in total. The maximum absolute atomic E-state index is 11.8. The van der Waals surface area contributed by atoms with Gasteiger partial charge in [-0.25, -0.2) is 13.1 Å². The lowest BCUT2D eigenvalue weighted by Gasteiger charge is -2.09. The topological polar surface area (TPSA) is 58.2 Å². The molecule has 2 rings (SSSR count). The van der Waals surface area contributed by atoms with Crippen LogP contribution in [0, 0.1) is 0 Å². The molecule has 0 spiro atoms. The number of hydrogen-bond acceptors (Lipinski definition) is 4. The smallest absolute Gasteiger partial charge is 0.250 e. The Morgan fingerprint density at radius 1 is 1.53 bits per heavy atom. The molecule has 1 aliphatic rings. The lowest BCUT2D eigenvalue weighted by atomic mass is 10.3. The molecule has 1 fully saturated rings. The molecular weight excluding hydrogens is 256 g/mol. The average Bonchev–Trinajstić information content (AvgIpc) is 2.75. The van der Waals surface area contributed by atoms with Gasteiger partial charge in [0.2, 0.25) is 10.0 Å². The van der Waals surface area contributed by atoms with Crippen molar-refractivity contribution >= 4 is 33.0 Å². The van der Waals surface area contributed by atoms with Gasteiger partial charge in [0.05, 0.1) is 4.34 Å². The highest BCUT2D eigenvalue weighted by atomic mass is 35.5. The minimum absolute atomic E-state index is 0.00382. The third-order valence-corrected chi connectivity index (χ3v) is 5.44. The molecule has 1 atom stereocenters. The quantitative estimate of drug-likeness (QED) is 0.860. The highest BCUT2D eigenvalue weighted by Gasteiger charge is 2.23. The summed E-state index contributed by atoms with van der Waals surface area (Å²) < 4.78 is 27.0.